The molecule has 7 nitrogen and oxygen atoms in total. The monoisotopic (exact) mass is 511 g/mol. The first kappa shape index (κ1) is 24.9. The van der Waals surface area contributed by atoms with Crippen LogP contribution in [0, 0.1) is 5.82 Å². The molecule has 0 radical (unpaired) electrons. The number of alkyl halides is 3. The number of nitrogens with one attached hydrogen (secondary N) is 3. The maximum absolute atomic E-state index is 14.1. The Morgan fingerprint density at radius 2 is 2.06 bits per heavy atom. The number of hydrogen-bond acceptors (Lipinski definition) is 6. The molecule has 2 heterocycles. The summed E-state index contributed by atoms with van der Waals surface area (Å²) in [6.45, 7) is 1.72. The Kier molecular flexibility index (Phi) is 7.27. The molecule has 0 saturated carbocycles. The van der Waals surface area contributed by atoms with E-state index in [2.05, 4.69) is 25.9 Å². The summed E-state index contributed by atoms with van der Waals surface area (Å²) in [5, 5.41) is 8.78. The Hall–Kier alpha value is -3.18. The molecule has 3 aromatic rings. The molecule has 1 saturated heterocycles. The first-order valence-electron chi connectivity index (χ1n) is 10.9. The number of benzene rings is 2. The lowest BCUT2D eigenvalue weighted by Crippen LogP contribution is -2.42. The van der Waals surface area contributed by atoms with Gasteiger partial charge in [-0.05, 0) is 56.1 Å². The summed E-state index contributed by atoms with van der Waals surface area (Å²) in [7, 11) is 0. The molecule has 1 aliphatic rings. The summed E-state index contributed by atoms with van der Waals surface area (Å²) in [5.74, 6) is -0.675. The van der Waals surface area contributed by atoms with Gasteiger partial charge in [-0.2, -0.15) is 13.2 Å². The van der Waals surface area contributed by atoms with Gasteiger partial charge in [-0.15, -0.1) is 0 Å². The Balaban J connectivity index is 1.50. The molecule has 35 heavy (non-hydrogen) atoms. The van der Waals surface area contributed by atoms with Gasteiger partial charge in [0.25, 0.3) is 0 Å². The molecule has 1 amide bonds. The third-order valence-electron chi connectivity index (χ3n) is 5.68. The van der Waals surface area contributed by atoms with Crippen LogP contribution in [0.15, 0.2) is 42.6 Å². The van der Waals surface area contributed by atoms with Crippen LogP contribution in [0.5, 0.6) is 5.75 Å². The Bertz CT molecular complexity index is 1220. The minimum Gasteiger partial charge on any atom is -0.410 e. The molecular weight excluding hydrogens is 490 g/mol. The zero-order valence-electron chi connectivity index (χ0n) is 18.5. The number of fused-ring (bicyclic) bond motifs is 1. The van der Waals surface area contributed by atoms with Gasteiger partial charge in [0.1, 0.15) is 17.6 Å². The summed E-state index contributed by atoms with van der Waals surface area (Å²) in [4.78, 5) is 20.7. The van der Waals surface area contributed by atoms with E-state index in [9.17, 15) is 22.4 Å². The first-order valence-corrected chi connectivity index (χ1v) is 11.2. The van der Waals surface area contributed by atoms with Crippen LogP contribution in [0.2, 0.25) is 5.02 Å². The number of hydrogen-bond donors (Lipinski definition) is 3. The van der Waals surface area contributed by atoms with Gasteiger partial charge in [0.15, 0.2) is 0 Å². The van der Waals surface area contributed by atoms with E-state index in [0.717, 1.165) is 26.3 Å². The second-order valence-electron chi connectivity index (χ2n) is 8.21. The fourth-order valence-corrected chi connectivity index (χ4v) is 3.91. The highest BCUT2D eigenvalue weighted by Gasteiger charge is 2.36. The molecule has 1 aliphatic heterocycles. The summed E-state index contributed by atoms with van der Waals surface area (Å²) >= 11 is 5.79. The van der Waals surface area contributed by atoms with Gasteiger partial charge >= 0.3 is 12.3 Å². The van der Waals surface area contributed by atoms with Gasteiger partial charge in [-0.3, -0.25) is 0 Å². The Morgan fingerprint density at radius 1 is 1.26 bits per heavy atom. The normalized spacial score (nSPS) is 17.7. The average molecular weight is 512 g/mol. The molecule has 1 fully saturated rings. The molecule has 0 spiro atoms. The number of carbonyl (C=O) groups is 1. The van der Waals surface area contributed by atoms with Crippen molar-refractivity contribution in [3.05, 3.63) is 59.0 Å². The molecule has 12 heteroatoms. The van der Waals surface area contributed by atoms with Gasteiger partial charge in [0, 0.05) is 23.7 Å². The van der Waals surface area contributed by atoms with E-state index < -0.39 is 30.2 Å². The van der Waals surface area contributed by atoms with E-state index in [0.29, 0.717) is 10.9 Å². The summed E-state index contributed by atoms with van der Waals surface area (Å²) < 4.78 is 57.9. The molecular formula is C23H22ClF4N5O2. The minimum absolute atomic E-state index is 0.0221. The molecule has 4 rings (SSSR count). The number of rotatable bonds is 6. The Labute approximate surface area is 203 Å². The van der Waals surface area contributed by atoms with Gasteiger partial charge in [-0.25, -0.2) is 19.2 Å². The number of anilines is 1. The van der Waals surface area contributed by atoms with Crippen LogP contribution >= 0.6 is 11.6 Å². The summed E-state index contributed by atoms with van der Waals surface area (Å²) in [5.41, 5.74) is 0.819. The molecule has 186 valence electrons. The van der Waals surface area contributed by atoms with E-state index >= 15 is 0 Å². The number of amides is 1. The summed E-state index contributed by atoms with van der Waals surface area (Å²) in [6, 6.07) is 6.32. The van der Waals surface area contributed by atoms with Crippen LogP contribution in [-0.2, 0) is 0 Å². The smallest absolute Gasteiger partial charge is 0.410 e. The third kappa shape index (κ3) is 6.09. The van der Waals surface area contributed by atoms with E-state index in [1.807, 2.05) is 0 Å². The zero-order valence-corrected chi connectivity index (χ0v) is 19.3. The van der Waals surface area contributed by atoms with E-state index in [1.54, 1.807) is 12.1 Å². The van der Waals surface area contributed by atoms with Crippen LogP contribution < -0.4 is 20.7 Å². The number of ether oxygens (including phenoxy) is 1. The van der Waals surface area contributed by atoms with Crippen LogP contribution in [0.4, 0.5) is 28.3 Å². The number of nitrogens with zero attached hydrogens (tertiary/aromatic N) is 2. The highest BCUT2D eigenvalue weighted by molar-refractivity contribution is 6.30. The second kappa shape index (κ2) is 10.2. The maximum Gasteiger partial charge on any atom is 0.413 e. The second-order valence-corrected chi connectivity index (χ2v) is 8.62. The van der Waals surface area contributed by atoms with E-state index in [-0.39, 0.29) is 28.3 Å². The zero-order chi connectivity index (χ0) is 25.2. The van der Waals surface area contributed by atoms with Crippen molar-refractivity contribution in [3.8, 4) is 5.75 Å². The van der Waals surface area contributed by atoms with Crippen LogP contribution in [0.3, 0.4) is 0 Å². The van der Waals surface area contributed by atoms with E-state index in [4.69, 9.17) is 16.3 Å². The fraction of sp³-hybridized carbons (Fsp3) is 0.348. The van der Waals surface area contributed by atoms with Crippen molar-refractivity contribution < 1.29 is 27.1 Å². The lowest BCUT2D eigenvalue weighted by molar-refractivity contribution is -0.138. The molecule has 0 unspecified atom stereocenters. The maximum atomic E-state index is 14.1. The first-order chi connectivity index (χ1) is 16.6. The van der Waals surface area contributed by atoms with Crippen molar-refractivity contribution in [2.24, 2.45) is 0 Å². The van der Waals surface area contributed by atoms with Crippen molar-refractivity contribution in [1.82, 2.24) is 20.6 Å². The van der Waals surface area contributed by atoms with Crippen molar-refractivity contribution in [2.75, 3.05) is 11.9 Å². The van der Waals surface area contributed by atoms with Crippen molar-refractivity contribution in [3.63, 3.8) is 0 Å². The largest absolute Gasteiger partial charge is 0.413 e. The molecule has 2 aromatic carbocycles. The number of aromatic nitrogens is 2. The topological polar surface area (TPSA) is 88.2 Å². The molecule has 3 atom stereocenters. The van der Waals surface area contributed by atoms with Crippen molar-refractivity contribution >= 4 is 34.5 Å². The minimum atomic E-state index is -4.46. The van der Waals surface area contributed by atoms with Crippen molar-refractivity contribution in [1.29, 1.82) is 0 Å². The van der Waals surface area contributed by atoms with Crippen LogP contribution in [0.25, 0.3) is 10.9 Å². The van der Waals surface area contributed by atoms with Gasteiger partial charge in [0.2, 0.25) is 5.95 Å². The van der Waals surface area contributed by atoms with Gasteiger partial charge < -0.3 is 20.7 Å². The van der Waals surface area contributed by atoms with Crippen molar-refractivity contribution in [2.45, 2.75) is 44.1 Å². The quantitative estimate of drug-likeness (QED) is 0.386. The van der Waals surface area contributed by atoms with Gasteiger partial charge in [-0.1, -0.05) is 17.7 Å². The van der Waals surface area contributed by atoms with E-state index in [1.165, 1.54) is 30.5 Å². The van der Waals surface area contributed by atoms with Crippen LogP contribution in [0.1, 0.15) is 31.4 Å². The lowest BCUT2D eigenvalue weighted by Gasteiger charge is -2.25. The van der Waals surface area contributed by atoms with Crippen LogP contribution in [-0.4, -0.2) is 40.9 Å². The highest BCUT2D eigenvalue weighted by Crippen LogP contribution is 2.27. The third-order valence-corrected chi connectivity index (χ3v) is 5.98. The number of carbonyl (C=O) groups excluding carboxylic acids is 1. The fourth-order valence-electron chi connectivity index (χ4n) is 3.79. The highest BCUT2D eigenvalue weighted by atomic mass is 35.5. The number of halogens is 5. The molecule has 3 N–H and O–H groups in total. The molecule has 0 aliphatic carbocycles. The van der Waals surface area contributed by atoms with Gasteiger partial charge in [0.05, 0.1) is 16.6 Å². The standard InChI is InChI=1S/C23H22ClF4N5O2/c1-12(23(26,27)28)31-21-30-11-14-4-6-15(10-19(14)32-21)35-22(34)33-20(18-3-2-8-29-18)13-5-7-16(24)17(25)9-13/h4-7,9-12,18,20,29H,2-3,8H2,1H3,(H,33,34)(H,30,31,32)/t12-,18-,20-/m0/s1. The predicted molar refractivity (Wildman–Crippen MR) is 123 cm³/mol. The molecule has 1 aromatic heterocycles. The Morgan fingerprint density at radius 3 is 2.74 bits per heavy atom. The SMILES string of the molecule is C[C@H](Nc1ncc2ccc(OC(=O)N[C@@H](c3ccc(Cl)c(F)c3)[C@@H]3CCCN3)cc2n1)C(F)(F)F. The predicted octanol–water partition coefficient (Wildman–Crippen LogP) is 5.37. The summed E-state index contributed by atoms with van der Waals surface area (Å²) in [6.07, 6.45) is -2.19. The lowest BCUT2D eigenvalue weighted by atomic mass is 9.98. The average Bonchev–Trinajstić information content (AvgIpc) is 3.33. The molecule has 0 bridgehead atoms.